The van der Waals surface area contributed by atoms with Gasteiger partial charge in [-0.1, -0.05) is 26.2 Å². The number of nitrogens with one attached hydrogen (secondary N) is 1. The largest absolute Gasteiger partial charge is 0.377 e. The first-order chi connectivity index (χ1) is 8.64. The highest BCUT2D eigenvalue weighted by molar-refractivity contribution is 7.91. The van der Waals surface area contributed by atoms with Crippen LogP contribution in [0.15, 0.2) is 0 Å². The summed E-state index contributed by atoms with van der Waals surface area (Å²) >= 11 is 0. The summed E-state index contributed by atoms with van der Waals surface area (Å²) in [5, 5.41) is 3.23. The molecule has 1 saturated carbocycles. The van der Waals surface area contributed by atoms with Gasteiger partial charge in [0, 0.05) is 12.3 Å². The smallest absolute Gasteiger partial charge is 0.150 e. The van der Waals surface area contributed by atoms with Crippen molar-refractivity contribution < 1.29 is 13.2 Å². The Morgan fingerprint density at radius 1 is 1.17 bits per heavy atom. The van der Waals surface area contributed by atoms with Gasteiger partial charge in [0.25, 0.3) is 0 Å². The van der Waals surface area contributed by atoms with Gasteiger partial charge in [-0.3, -0.25) is 0 Å². The molecule has 1 N–H and O–H groups in total. The van der Waals surface area contributed by atoms with Crippen LogP contribution in [0.2, 0.25) is 0 Å². The van der Waals surface area contributed by atoms with Gasteiger partial charge in [-0.15, -0.1) is 0 Å². The van der Waals surface area contributed by atoms with Crippen molar-refractivity contribution >= 4 is 9.84 Å². The van der Waals surface area contributed by atoms with Gasteiger partial charge in [0.15, 0.2) is 0 Å². The molecule has 4 nitrogen and oxygen atoms in total. The maximum absolute atomic E-state index is 11.2. The summed E-state index contributed by atoms with van der Waals surface area (Å²) in [7, 11) is -2.80. The van der Waals surface area contributed by atoms with E-state index in [1.54, 1.807) is 6.92 Å². The van der Waals surface area contributed by atoms with Crippen LogP contribution >= 0.6 is 0 Å². The Morgan fingerprint density at radius 3 is 2.56 bits per heavy atom. The van der Waals surface area contributed by atoms with Crippen molar-refractivity contribution in [3.05, 3.63) is 0 Å². The number of sulfone groups is 1. The maximum Gasteiger partial charge on any atom is 0.150 e. The Hall–Kier alpha value is -0.130. The normalized spacial score (nSPS) is 18.1. The van der Waals surface area contributed by atoms with Crippen molar-refractivity contribution in [3.63, 3.8) is 0 Å². The molecule has 0 aromatic carbocycles. The first-order valence-electron chi connectivity index (χ1n) is 7.17. The maximum atomic E-state index is 11.2. The highest BCUT2D eigenvalue weighted by Gasteiger charge is 2.12. The van der Waals surface area contributed by atoms with Crippen LogP contribution in [0.5, 0.6) is 0 Å². The standard InChI is InChI=1S/C13H27NO3S/c1-2-18(15,16)12-6-9-14-10-11-17-13-7-4-3-5-8-13/h13-14H,2-12H2,1H3. The molecule has 1 fully saturated rings. The second-order valence-corrected chi connectivity index (χ2v) is 7.44. The molecule has 0 aromatic heterocycles. The first-order valence-corrected chi connectivity index (χ1v) is 8.99. The lowest BCUT2D eigenvalue weighted by atomic mass is 9.98. The molecule has 0 aromatic rings. The molecule has 1 rings (SSSR count). The predicted molar refractivity (Wildman–Crippen MR) is 74.6 cm³/mol. The molecule has 0 atom stereocenters. The molecule has 0 radical (unpaired) electrons. The van der Waals surface area contributed by atoms with E-state index in [2.05, 4.69) is 5.32 Å². The summed E-state index contributed by atoms with van der Waals surface area (Å²) in [5.74, 6) is 0.539. The Labute approximate surface area is 111 Å². The average molecular weight is 277 g/mol. The number of ether oxygens (including phenoxy) is 1. The van der Waals surface area contributed by atoms with Crippen LogP contribution in [0.4, 0.5) is 0 Å². The fourth-order valence-electron chi connectivity index (χ4n) is 2.22. The van der Waals surface area contributed by atoms with Crippen molar-refractivity contribution in [1.82, 2.24) is 5.32 Å². The quantitative estimate of drug-likeness (QED) is 0.652. The molecule has 18 heavy (non-hydrogen) atoms. The van der Waals surface area contributed by atoms with Crippen molar-refractivity contribution in [2.75, 3.05) is 31.2 Å². The Bertz CT molecular complexity index is 297. The molecular formula is C13H27NO3S. The minimum Gasteiger partial charge on any atom is -0.377 e. The highest BCUT2D eigenvalue weighted by Crippen LogP contribution is 2.19. The van der Waals surface area contributed by atoms with E-state index in [1.165, 1.54) is 32.1 Å². The van der Waals surface area contributed by atoms with Crippen LogP contribution in [0.1, 0.15) is 45.4 Å². The van der Waals surface area contributed by atoms with E-state index >= 15 is 0 Å². The number of hydrogen-bond acceptors (Lipinski definition) is 4. The third-order valence-electron chi connectivity index (χ3n) is 3.43. The Morgan fingerprint density at radius 2 is 1.89 bits per heavy atom. The second kappa shape index (κ2) is 8.88. The zero-order valence-corrected chi connectivity index (χ0v) is 12.3. The Balaban J connectivity index is 1.89. The molecule has 0 heterocycles. The fourth-order valence-corrected chi connectivity index (χ4v) is 3.09. The minimum absolute atomic E-state index is 0.248. The SMILES string of the molecule is CCS(=O)(=O)CCCNCCOC1CCCCC1. The van der Waals surface area contributed by atoms with Crippen LogP contribution < -0.4 is 5.32 Å². The molecule has 0 amide bonds. The van der Waals surface area contributed by atoms with Gasteiger partial charge < -0.3 is 10.1 Å². The fraction of sp³-hybridized carbons (Fsp3) is 1.00. The molecule has 0 unspecified atom stereocenters. The van der Waals surface area contributed by atoms with Crippen molar-refractivity contribution in [2.24, 2.45) is 0 Å². The van der Waals surface area contributed by atoms with Gasteiger partial charge in [-0.05, 0) is 25.8 Å². The van der Waals surface area contributed by atoms with Crippen LogP contribution in [0.25, 0.3) is 0 Å². The molecule has 0 aliphatic heterocycles. The molecule has 108 valence electrons. The van der Waals surface area contributed by atoms with E-state index < -0.39 is 9.84 Å². The topological polar surface area (TPSA) is 55.4 Å². The van der Waals surface area contributed by atoms with E-state index in [4.69, 9.17) is 4.74 Å². The van der Waals surface area contributed by atoms with Gasteiger partial charge in [0.2, 0.25) is 0 Å². The summed E-state index contributed by atoms with van der Waals surface area (Å²) in [5.41, 5.74) is 0. The second-order valence-electron chi connectivity index (χ2n) is 4.97. The minimum atomic E-state index is -2.80. The Kier molecular flexibility index (Phi) is 7.86. The zero-order chi connectivity index (χ0) is 13.3. The van der Waals surface area contributed by atoms with Crippen LogP contribution in [0, 0.1) is 0 Å². The first kappa shape index (κ1) is 15.9. The lowest BCUT2D eigenvalue weighted by molar-refractivity contribution is 0.0304. The number of hydrogen-bond donors (Lipinski definition) is 1. The summed E-state index contributed by atoms with van der Waals surface area (Å²) < 4.78 is 28.3. The molecule has 5 heteroatoms. The molecular weight excluding hydrogens is 250 g/mol. The summed E-state index contributed by atoms with van der Waals surface area (Å²) in [6.07, 6.45) is 7.51. The van der Waals surface area contributed by atoms with Gasteiger partial charge >= 0.3 is 0 Å². The summed E-state index contributed by atoms with van der Waals surface area (Å²) in [6, 6.07) is 0. The molecule has 1 aliphatic carbocycles. The van der Waals surface area contributed by atoms with Gasteiger partial charge in [-0.25, -0.2) is 8.42 Å². The number of rotatable bonds is 9. The molecule has 0 saturated heterocycles. The van der Waals surface area contributed by atoms with Crippen molar-refractivity contribution in [2.45, 2.75) is 51.6 Å². The zero-order valence-electron chi connectivity index (χ0n) is 11.5. The third-order valence-corrected chi connectivity index (χ3v) is 5.22. The van der Waals surface area contributed by atoms with E-state index in [9.17, 15) is 8.42 Å². The van der Waals surface area contributed by atoms with E-state index in [1.807, 2.05) is 0 Å². The van der Waals surface area contributed by atoms with E-state index in [0.717, 1.165) is 19.7 Å². The molecule has 1 aliphatic rings. The van der Waals surface area contributed by atoms with Crippen LogP contribution in [-0.2, 0) is 14.6 Å². The monoisotopic (exact) mass is 277 g/mol. The predicted octanol–water partition coefficient (Wildman–Crippen LogP) is 1.75. The van der Waals surface area contributed by atoms with Crippen molar-refractivity contribution in [3.8, 4) is 0 Å². The van der Waals surface area contributed by atoms with Gasteiger partial charge in [0.1, 0.15) is 9.84 Å². The van der Waals surface area contributed by atoms with Crippen LogP contribution in [-0.4, -0.2) is 45.7 Å². The third kappa shape index (κ3) is 7.34. The highest BCUT2D eigenvalue weighted by atomic mass is 32.2. The molecule has 0 bridgehead atoms. The van der Waals surface area contributed by atoms with Gasteiger partial charge in [0.05, 0.1) is 18.5 Å². The average Bonchev–Trinajstić information content (AvgIpc) is 2.39. The summed E-state index contributed by atoms with van der Waals surface area (Å²) in [6.45, 7) is 4.02. The molecule has 0 spiro atoms. The van der Waals surface area contributed by atoms with E-state index in [0.29, 0.717) is 18.3 Å². The van der Waals surface area contributed by atoms with E-state index in [-0.39, 0.29) is 5.75 Å². The van der Waals surface area contributed by atoms with Gasteiger partial charge in [-0.2, -0.15) is 0 Å². The van der Waals surface area contributed by atoms with Crippen molar-refractivity contribution in [1.29, 1.82) is 0 Å². The summed E-state index contributed by atoms with van der Waals surface area (Å²) in [4.78, 5) is 0. The lowest BCUT2D eigenvalue weighted by Crippen LogP contribution is -2.26. The lowest BCUT2D eigenvalue weighted by Gasteiger charge is -2.22. The van der Waals surface area contributed by atoms with Crippen LogP contribution in [0.3, 0.4) is 0 Å².